The van der Waals surface area contributed by atoms with E-state index in [2.05, 4.69) is 22.6 Å². The number of carbonyl (C=O) groups is 1. The summed E-state index contributed by atoms with van der Waals surface area (Å²) >= 11 is 2.25. The summed E-state index contributed by atoms with van der Waals surface area (Å²) in [7, 11) is 1.50. The lowest BCUT2D eigenvalue weighted by atomic mass is 10.1. The van der Waals surface area contributed by atoms with Crippen LogP contribution in [0.25, 0.3) is 6.08 Å². The van der Waals surface area contributed by atoms with Gasteiger partial charge in [-0.1, -0.05) is 24.3 Å². The Hall–Kier alpha value is -2.02. The molecule has 1 N–H and O–H groups in total. The fourth-order valence-corrected chi connectivity index (χ4v) is 2.47. The van der Waals surface area contributed by atoms with Crippen molar-refractivity contribution in [1.82, 2.24) is 0 Å². The Labute approximate surface area is 155 Å². The summed E-state index contributed by atoms with van der Waals surface area (Å²) in [6.07, 6.45) is 4.52. The Morgan fingerprint density at radius 2 is 1.96 bits per heavy atom. The minimum absolute atomic E-state index is 0.0730. The van der Waals surface area contributed by atoms with E-state index in [1.54, 1.807) is 12.1 Å². The lowest BCUT2D eigenvalue weighted by molar-refractivity contribution is -0.142. The number of ether oxygens (including phenoxy) is 2. The van der Waals surface area contributed by atoms with Crippen LogP contribution in [0.5, 0.6) is 11.5 Å². The number of rotatable bonds is 7. The zero-order chi connectivity index (χ0) is 17.4. The number of carbonyl (C=O) groups excluding carboxylic acids is 1. The number of hydrogen-bond donors (Lipinski definition) is 1. The van der Waals surface area contributed by atoms with Crippen molar-refractivity contribution in [2.75, 3.05) is 13.7 Å². The van der Waals surface area contributed by atoms with Gasteiger partial charge in [0, 0.05) is 9.99 Å². The molecular weight excluding hydrogens is 419 g/mol. The maximum atomic E-state index is 11.7. The number of halogens is 1. The normalized spacial score (nSPS) is 10.8. The molecule has 0 atom stereocenters. The molecule has 126 valence electrons. The van der Waals surface area contributed by atoms with Gasteiger partial charge in [-0.3, -0.25) is 4.79 Å². The molecule has 0 heterocycles. The predicted octanol–water partition coefficient (Wildman–Crippen LogP) is 4.19. The van der Waals surface area contributed by atoms with Crippen LogP contribution in [0.3, 0.4) is 0 Å². The number of methoxy groups -OCH3 is 1. The summed E-state index contributed by atoms with van der Waals surface area (Å²) in [4.78, 5) is 11.7. The lowest BCUT2D eigenvalue weighted by Gasteiger charge is -2.06. The fraction of sp³-hybridized carbons (Fsp3) is 0.211. The first-order valence-corrected chi connectivity index (χ1v) is 8.60. The van der Waals surface area contributed by atoms with E-state index in [0.717, 1.165) is 11.1 Å². The zero-order valence-corrected chi connectivity index (χ0v) is 15.5. The Kier molecular flexibility index (Phi) is 7.11. The van der Waals surface area contributed by atoms with E-state index in [4.69, 9.17) is 9.47 Å². The van der Waals surface area contributed by atoms with Crippen LogP contribution in [-0.2, 0) is 16.0 Å². The van der Waals surface area contributed by atoms with Crippen LogP contribution in [0.4, 0.5) is 0 Å². The van der Waals surface area contributed by atoms with Crippen molar-refractivity contribution in [3.63, 3.8) is 0 Å². The molecular formula is C19H19IO4. The minimum Gasteiger partial charge on any atom is -0.504 e. The van der Waals surface area contributed by atoms with Crippen molar-refractivity contribution < 1.29 is 19.4 Å². The first kappa shape index (κ1) is 18.3. The Balaban J connectivity index is 1.73. The summed E-state index contributed by atoms with van der Waals surface area (Å²) in [6.45, 7) is 0.249. The van der Waals surface area contributed by atoms with Crippen molar-refractivity contribution in [2.24, 2.45) is 0 Å². The molecule has 0 aliphatic rings. The van der Waals surface area contributed by atoms with Crippen LogP contribution in [-0.4, -0.2) is 24.8 Å². The van der Waals surface area contributed by atoms with E-state index >= 15 is 0 Å². The van der Waals surface area contributed by atoms with Gasteiger partial charge >= 0.3 is 5.97 Å². The van der Waals surface area contributed by atoms with Crippen molar-refractivity contribution in [2.45, 2.75) is 12.8 Å². The van der Waals surface area contributed by atoms with E-state index in [1.165, 1.54) is 10.7 Å². The van der Waals surface area contributed by atoms with E-state index in [1.807, 2.05) is 42.5 Å². The van der Waals surface area contributed by atoms with Crippen LogP contribution in [0.1, 0.15) is 17.5 Å². The molecule has 0 saturated carbocycles. The average Bonchev–Trinajstić information content (AvgIpc) is 2.58. The predicted molar refractivity (Wildman–Crippen MR) is 102 cm³/mol. The van der Waals surface area contributed by atoms with Gasteiger partial charge < -0.3 is 14.6 Å². The second kappa shape index (κ2) is 9.32. The smallest absolute Gasteiger partial charge is 0.306 e. The van der Waals surface area contributed by atoms with Gasteiger partial charge in [-0.2, -0.15) is 0 Å². The van der Waals surface area contributed by atoms with E-state index < -0.39 is 0 Å². The molecule has 0 aliphatic carbocycles. The monoisotopic (exact) mass is 438 g/mol. The van der Waals surface area contributed by atoms with Gasteiger partial charge in [0.1, 0.15) is 6.61 Å². The number of phenols is 1. The number of aromatic hydroxyl groups is 1. The van der Waals surface area contributed by atoms with E-state index in [0.29, 0.717) is 12.2 Å². The SMILES string of the molecule is COc1ccc(CCC(=O)OC/C=C\c2ccc(I)cc2)cc1O. The zero-order valence-electron chi connectivity index (χ0n) is 13.4. The molecule has 2 aromatic rings. The maximum Gasteiger partial charge on any atom is 0.306 e. The molecule has 2 aromatic carbocycles. The van der Waals surface area contributed by atoms with Crippen molar-refractivity contribution in [3.05, 3.63) is 63.2 Å². The highest BCUT2D eigenvalue weighted by molar-refractivity contribution is 14.1. The molecule has 0 unspecified atom stereocenters. The third-order valence-corrected chi connectivity index (χ3v) is 4.10. The Bertz CT molecular complexity index is 708. The van der Waals surface area contributed by atoms with Gasteiger partial charge in [0.05, 0.1) is 7.11 Å². The van der Waals surface area contributed by atoms with Crippen molar-refractivity contribution in [1.29, 1.82) is 0 Å². The number of benzene rings is 2. The van der Waals surface area contributed by atoms with Gasteiger partial charge in [0.15, 0.2) is 11.5 Å². The second-order valence-corrected chi connectivity index (χ2v) is 6.39. The molecule has 24 heavy (non-hydrogen) atoms. The van der Waals surface area contributed by atoms with Gasteiger partial charge in [-0.25, -0.2) is 0 Å². The molecule has 0 aliphatic heterocycles. The largest absolute Gasteiger partial charge is 0.504 e. The molecule has 2 rings (SSSR count). The van der Waals surface area contributed by atoms with Gasteiger partial charge in [0.25, 0.3) is 0 Å². The highest BCUT2D eigenvalue weighted by Crippen LogP contribution is 2.26. The van der Waals surface area contributed by atoms with Crippen molar-refractivity contribution >= 4 is 34.6 Å². The summed E-state index contributed by atoms with van der Waals surface area (Å²) in [5, 5.41) is 9.70. The Morgan fingerprint density at radius 1 is 1.21 bits per heavy atom. The topological polar surface area (TPSA) is 55.8 Å². The maximum absolute atomic E-state index is 11.7. The van der Waals surface area contributed by atoms with Crippen LogP contribution in [0, 0.1) is 3.57 Å². The van der Waals surface area contributed by atoms with E-state index in [9.17, 15) is 9.90 Å². The molecule has 0 radical (unpaired) electrons. The van der Waals surface area contributed by atoms with Crippen LogP contribution >= 0.6 is 22.6 Å². The van der Waals surface area contributed by atoms with Crippen LogP contribution in [0.15, 0.2) is 48.5 Å². The first-order chi connectivity index (χ1) is 11.6. The summed E-state index contributed by atoms with van der Waals surface area (Å²) in [5.74, 6) is 0.225. The summed E-state index contributed by atoms with van der Waals surface area (Å²) in [6, 6.07) is 13.2. The molecule has 0 amide bonds. The molecule has 0 fully saturated rings. The third-order valence-electron chi connectivity index (χ3n) is 3.38. The molecule has 5 heteroatoms. The van der Waals surface area contributed by atoms with E-state index in [-0.39, 0.29) is 24.7 Å². The average molecular weight is 438 g/mol. The highest BCUT2D eigenvalue weighted by atomic mass is 127. The lowest BCUT2D eigenvalue weighted by Crippen LogP contribution is -2.05. The van der Waals surface area contributed by atoms with Gasteiger partial charge in [0.2, 0.25) is 0 Å². The number of aryl methyl sites for hydroxylation is 1. The van der Waals surface area contributed by atoms with Gasteiger partial charge in [-0.15, -0.1) is 0 Å². The standard InChI is InChI=1S/C19H19IO4/c1-23-18-10-6-15(13-17(18)21)7-11-19(22)24-12-2-3-14-4-8-16(20)9-5-14/h2-6,8-10,13,21H,7,11-12H2,1H3/b3-2-. The molecule has 0 bridgehead atoms. The van der Waals surface area contributed by atoms with Crippen molar-refractivity contribution in [3.8, 4) is 11.5 Å². The first-order valence-electron chi connectivity index (χ1n) is 7.52. The number of phenolic OH excluding ortho intramolecular Hbond substituents is 1. The number of hydrogen-bond acceptors (Lipinski definition) is 4. The van der Waals surface area contributed by atoms with Crippen LogP contribution < -0.4 is 4.74 Å². The second-order valence-electron chi connectivity index (χ2n) is 5.14. The Morgan fingerprint density at radius 3 is 2.62 bits per heavy atom. The molecule has 0 spiro atoms. The minimum atomic E-state index is -0.266. The molecule has 0 aromatic heterocycles. The quantitative estimate of drug-likeness (QED) is 0.520. The van der Waals surface area contributed by atoms with Gasteiger partial charge in [-0.05, 0) is 70.5 Å². The summed E-state index contributed by atoms with van der Waals surface area (Å²) < 4.78 is 11.3. The third kappa shape index (κ3) is 5.88. The summed E-state index contributed by atoms with van der Waals surface area (Å²) in [5.41, 5.74) is 1.93. The van der Waals surface area contributed by atoms with Crippen LogP contribution in [0.2, 0.25) is 0 Å². The fourth-order valence-electron chi connectivity index (χ4n) is 2.11. The highest BCUT2D eigenvalue weighted by Gasteiger charge is 2.06. The molecule has 4 nitrogen and oxygen atoms in total. The number of esters is 1. The molecule has 0 saturated heterocycles.